The van der Waals surface area contributed by atoms with Gasteiger partial charge in [-0.25, -0.2) is 4.39 Å². The fourth-order valence-corrected chi connectivity index (χ4v) is 3.07. The van der Waals surface area contributed by atoms with Crippen molar-refractivity contribution in [1.82, 2.24) is 5.32 Å². The Labute approximate surface area is 121 Å². The maximum absolute atomic E-state index is 14.3. The van der Waals surface area contributed by atoms with E-state index < -0.39 is 11.4 Å². The summed E-state index contributed by atoms with van der Waals surface area (Å²) >= 11 is 5.18. The van der Waals surface area contributed by atoms with Crippen LogP contribution >= 0.6 is 12.2 Å². The van der Waals surface area contributed by atoms with Crippen molar-refractivity contribution >= 4 is 23.1 Å². The first kappa shape index (κ1) is 13.5. The Hall–Kier alpha value is -1.53. The van der Waals surface area contributed by atoms with E-state index in [1.807, 2.05) is 0 Å². The smallest absolute Gasteiger partial charge is 0.248 e. The Morgan fingerprint density at radius 1 is 1.50 bits per heavy atom. The molecule has 6 heteroatoms. The summed E-state index contributed by atoms with van der Waals surface area (Å²) in [5.41, 5.74) is 5.32. The zero-order valence-electron chi connectivity index (χ0n) is 10.8. The number of primary amides is 1. The third-order valence-corrected chi connectivity index (χ3v) is 4.15. The lowest BCUT2D eigenvalue weighted by Gasteiger charge is -2.40. The van der Waals surface area contributed by atoms with E-state index in [1.165, 1.54) is 18.2 Å². The predicted molar refractivity (Wildman–Crippen MR) is 75.9 cm³/mol. The minimum absolute atomic E-state index is 0.262. The third-order valence-electron chi connectivity index (χ3n) is 3.93. The first-order valence-corrected chi connectivity index (χ1v) is 6.92. The first-order valence-electron chi connectivity index (χ1n) is 6.51. The molecule has 0 aromatic heterocycles. The molecule has 106 valence electrons. The van der Waals surface area contributed by atoms with Crippen LogP contribution in [0, 0.1) is 11.7 Å². The van der Waals surface area contributed by atoms with Gasteiger partial charge >= 0.3 is 0 Å². The second-order valence-corrected chi connectivity index (χ2v) is 5.84. The highest BCUT2D eigenvalue weighted by molar-refractivity contribution is 7.80. The van der Waals surface area contributed by atoms with Crippen LogP contribution in [0.1, 0.15) is 28.8 Å². The van der Waals surface area contributed by atoms with Gasteiger partial charge in [0.05, 0.1) is 18.8 Å². The Morgan fingerprint density at radius 2 is 2.25 bits per heavy atom. The number of hydrogen-bond donors (Lipinski definition) is 2. The summed E-state index contributed by atoms with van der Waals surface area (Å²) in [6.45, 7) is 0.692. The number of amides is 1. The molecular formula is C14H15FN2O2S. The highest BCUT2D eigenvalue weighted by Gasteiger charge is 2.50. The SMILES string of the molecule is NC(=O)c1ccc(F)c(C2(C3CC3)COCC(=S)N2)c1. The molecule has 1 amide bonds. The molecule has 2 aliphatic rings. The second kappa shape index (κ2) is 4.79. The number of ether oxygens (including phenoxy) is 1. The summed E-state index contributed by atoms with van der Waals surface area (Å²) < 4.78 is 19.8. The molecule has 1 unspecified atom stereocenters. The standard InChI is InChI=1S/C14H15FN2O2S/c15-11-4-1-8(13(16)18)5-10(11)14(9-2-3-9)7-19-6-12(20)17-14/h1,4-5,9H,2-3,6-7H2,(H2,16,18)(H,17,20). The van der Waals surface area contributed by atoms with Gasteiger partial charge in [0.25, 0.3) is 0 Å². The van der Waals surface area contributed by atoms with Crippen molar-refractivity contribution in [3.8, 4) is 0 Å². The normalized spacial score (nSPS) is 26.1. The molecule has 20 heavy (non-hydrogen) atoms. The van der Waals surface area contributed by atoms with Crippen molar-refractivity contribution in [2.24, 2.45) is 11.7 Å². The molecule has 3 rings (SSSR count). The largest absolute Gasteiger partial charge is 0.372 e. The zero-order valence-corrected chi connectivity index (χ0v) is 11.6. The molecule has 1 aromatic carbocycles. The minimum atomic E-state index is -0.676. The number of nitrogens with one attached hydrogen (secondary N) is 1. The van der Waals surface area contributed by atoms with Gasteiger partial charge in [0.1, 0.15) is 10.8 Å². The third kappa shape index (κ3) is 2.19. The van der Waals surface area contributed by atoms with E-state index in [4.69, 9.17) is 22.7 Å². The van der Waals surface area contributed by atoms with Crippen LogP contribution in [0.4, 0.5) is 4.39 Å². The number of halogens is 1. The number of carbonyl (C=O) groups is 1. The summed E-state index contributed by atoms with van der Waals surface area (Å²) in [6.07, 6.45) is 1.97. The van der Waals surface area contributed by atoms with Crippen LogP contribution in [-0.4, -0.2) is 24.1 Å². The predicted octanol–water partition coefficient (Wildman–Crippen LogP) is 1.48. The summed E-state index contributed by atoms with van der Waals surface area (Å²) in [4.78, 5) is 11.9. The molecule has 1 heterocycles. The average molecular weight is 294 g/mol. The summed E-state index contributed by atoms with van der Waals surface area (Å²) in [5, 5.41) is 3.23. The van der Waals surface area contributed by atoms with E-state index in [0.29, 0.717) is 29.3 Å². The number of carbonyl (C=O) groups excluding carboxylic acids is 1. The maximum atomic E-state index is 14.3. The molecule has 4 nitrogen and oxygen atoms in total. The highest BCUT2D eigenvalue weighted by Crippen LogP contribution is 2.47. The lowest BCUT2D eigenvalue weighted by molar-refractivity contribution is 0.0639. The maximum Gasteiger partial charge on any atom is 0.248 e. The van der Waals surface area contributed by atoms with Gasteiger partial charge in [0, 0.05) is 11.1 Å². The number of rotatable bonds is 3. The lowest BCUT2D eigenvalue weighted by Crippen LogP contribution is -2.56. The number of hydrogen-bond acceptors (Lipinski definition) is 3. The van der Waals surface area contributed by atoms with Crippen molar-refractivity contribution in [3.63, 3.8) is 0 Å². The molecule has 1 saturated carbocycles. The molecule has 0 spiro atoms. The number of morpholine rings is 1. The summed E-state index contributed by atoms with van der Waals surface area (Å²) in [5.74, 6) is -0.683. The van der Waals surface area contributed by atoms with Gasteiger partial charge in [-0.3, -0.25) is 4.79 Å². The van der Waals surface area contributed by atoms with Crippen molar-refractivity contribution < 1.29 is 13.9 Å². The fraction of sp³-hybridized carbons (Fsp3) is 0.429. The van der Waals surface area contributed by atoms with E-state index >= 15 is 0 Å². The molecule has 0 bridgehead atoms. The Balaban J connectivity index is 2.09. The molecule has 1 aromatic rings. The number of benzene rings is 1. The van der Waals surface area contributed by atoms with Crippen LogP contribution < -0.4 is 11.1 Å². The van der Waals surface area contributed by atoms with Gasteiger partial charge < -0.3 is 15.8 Å². The number of nitrogens with two attached hydrogens (primary N) is 1. The summed E-state index contributed by atoms with van der Waals surface area (Å²) in [7, 11) is 0. The summed E-state index contributed by atoms with van der Waals surface area (Å²) in [6, 6.07) is 4.18. The highest BCUT2D eigenvalue weighted by atomic mass is 32.1. The minimum Gasteiger partial charge on any atom is -0.372 e. The molecule has 1 aliphatic heterocycles. The van der Waals surface area contributed by atoms with Gasteiger partial charge in [0.15, 0.2) is 0 Å². The quantitative estimate of drug-likeness (QED) is 0.829. The van der Waals surface area contributed by atoms with E-state index in [1.54, 1.807) is 0 Å². The fourth-order valence-electron chi connectivity index (χ4n) is 2.81. The van der Waals surface area contributed by atoms with Gasteiger partial charge in [0.2, 0.25) is 5.91 Å². The lowest BCUT2D eigenvalue weighted by atomic mass is 9.83. The van der Waals surface area contributed by atoms with E-state index in [9.17, 15) is 9.18 Å². The zero-order chi connectivity index (χ0) is 14.3. The van der Waals surface area contributed by atoms with Gasteiger partial charge in [-0.15, -0.1) is 0 Å². The Morgan fingerprint density at radius 3 is 2.85 bits per heavy atom. The molecule has 0 radical (unpaired) electrons. The van der Waals surface area contributed by atoms with Gasteiger partial charge in [-0.1, -0.05) is 12.2 Å². The van der Waals surface area contributed by atoms with Crippen LogP contribution in [-0.2, 0) is 10.3 Å². The Bertz CT molecular complexity index is 589. The topological polar surface area (TPSA) is 64.4 Å². The van der Waals surface area contributed by atoms with E-state index in [-0.39, 0.29) is 11.7 Å². The van der Waals surface area contributed by atoms with E-state index in [0.717, 1.165) is 12.8 Å². The van der Waals surface area contributed by atoms with Gasteiger partial charge in [-0.2, -0.15) is 0 Å². The number of thiocarbonyl (C=S) groups is 1. The molecule has 3 N–H and O–H groups in total. The molecule has 2 fully saturated rings. The molecule has 1 atom stereocenters. The Kier molecular flexibility index (Phi) is 3.22. The van der Waals surface area contributed by atoms with Crippen molar-refractivity contribution in [2.75, 3.05) is 13.2 Å². The van der Waals surface area contributed by atoms with Crippen LogP contribution in [0.15, 0.2) is 18.2 Å². The second-order valence-electron chi connectivity index (χ2n) is 5.35. The van der Waals surface area contributed by atoms with Crippen molar-refractivity contribution in [2.45, 2.75) is 18.4 Å². The van der Waals surface area contributed by atoms with Crippen molar-refractivity contribution in [1.29, 1.82) is 0 Å². The average Bonchev–Trinajstić information content (AvgIpc) is 3.23. The van der Waals surface area contributed by atoms with Crippen molar-refractivity contribution in [3.05, 3.63) is 35.1 Å². The van der Waals surface area contributed by atoms with E-state index in [2.05, 4.69) is 5.32 Å². The molecular weight excluding hydrogens is 279 g/mol. The first-order chi connectivity index (χ1) is 9.53. The van der Waals surface area contributed by atoms with Crippen LogP contribution in [0.5, 0.6) is 0 Å². The molecule has 1 saturated heterocycles. The molecule has 1 aliphatic carbocycles. The van der Waals surface area contributed by atoms with Crippen LogP contribution in [0.3, 0.4) is 0 Å². The van der Waals surface area contributed by atoms with Crippen LogP contribution in [0.25, 0.3) is 0 Å². The van der Waals surface area contributed by atoms with Gasteiger partial charge in [-0.05, 0) is 37.0 Å². The monoisotopic (exact) mass is 294 g/mol. The van der Waals surface area contributed by atoms with Crippen LogP contribution in [0.2, 0.25) is 0 Å².